The third-order valence-electron chi connectivity index (χ3n) is 5.74. The van der Waals surface area contributed by atoms with Crippen molar-refractivity contribution >= 4 is 17.2 Å². The Kier molecular flexibility index (Phi) is 7.84. The summed E-state index contributed by atoms with van der Waals surface area (Å²) in [4.78, 5) is 0. The monoisotopic (exact) mass is 412 g/mol. The molecule has 2 aromatic carbocycles. The first-order valence-electron chi connectivity index (χ1n) is 10.7. The number of hydrogen-bond donors (Lipinski definition) is 0. The van der Waals surface area contributed by atoms with Gasteiger partial charge in [0.1, 0.15) is 5.75 Å². The number of aryl methyl sites for hydroxylation is 1. The standard InChI is InChI=1S/C28H32N2O/c1-9-21(15-29)27-13-24(31-8)14-28(20(27)7)23(16-30)11-22-12-25(17(2)3)19(6)10-26(22)18(4)5/h9-14,17-18H,1-8H3/b21-9+,23-11+. The van der Waals surface area contributed by atoms with Crippen LogP contribution in [0, 0.1) is 36.5 Å². The molecule has 0 aliphatic heterocycles. The zero-order chi connectivity index (χ0) is 23.3. The van der Waals surface area contributed by atoms with Gasteiger partial charge in [0.05, 0.1) is 30.4 Å². The summed E-state index contributed by atoms with van der Waals surface area (Å²) in [7, 11) is 1.60. The fourth-order valence-electron chi connectivity index (χ4n) is 3.98. The van der Waals surface area contributed by atoms with Crippen LogP contribution in [-0.2, 0) is 0 Å². The Hall–Kier alpha value is -3.30. The molecule has 0 N–H and O–H groups in total. The van der Waals surface area contributed by atoms with Gasteiger partial charge < -0.3 is 4.74 Å². The van der Waals surface area contributed by atoms with E-state index in [1.54, 1.807) is 13.2 Å². The summed E-state index contributed by atoms with van der Waals surface area (Å²) in [5, 5.41) is 19.7. The van der Waals surface area contributed by atoms with Crippen LogP contribution < -0.4 is 4.74 Å². The highest BCUT2D eigenvalue weighted by Crippen LogP contribution is 2.34. The van der Waals surface area contributed by atoms with Crippen molar-refractivity contribution in [2.45, 2.75) is 60.3 Å². The number of hydrogen-bond acceptors (Lipinski definition) is 3. The van der Waals surface area contributed by atoms with Gasteiger partial charge in [0.15, 0.2) is 0 Å². The van der Waals surface area contributed by atoms with Crippen molar-refractivity contribution in [2.75, 3.05) is 7.11 Å². The molecule has 0 aliphatic rings. The number of nitrogens with zero attached hydrogens (tertiary/aromatic N) is 2. The van der Waals surface area contributed by atoms with Crippen LogP contribution in [-0.4, -0.2) is 7.11 Å². The van der Waals surface area contributed by atoms with Crippen LogP contribution >= 0.6 is 0 Å². The van der Waals surface area contributed by atoms with Gasteiger partial charge in [0.25, 0.3) is 0 Å². The van der Waals surface area contributed by atoms with Gasteiger partial charge >= 0.3 is 0 Å². The fourth-order valence-corrected chi connectivity index (χ4v) is 3.98. The molecule has 0 saturated carbocycles. The van der Waals surface area contributed by atoms with E-state index in [0.717, 1.165) is 22.3 Å². The molecule has 31 heavy (non-hydrogen) atoms. The molecule has 160 valence electrons. The molecule has 2 rings (SSSR count). The van der Waals surface area contributed by atoms with E-state index in [1.807, 2.05) is 32.1 Å². The van der Waals surface area contributed by atoms with Gasteiger partial charge in [0, 0.05) is 0 Å². The predicted octanol–water partition coefficient (Wildman–Crippen LogP) is 7.55. The molecule has 0 atom stereocenters. The number of nitriles is 2. The van der Waals surface area contributed by atoms with Crippen LogP contribution in [0.15, 0.2) is 30.3 Å². The second kappa shape index (κ2) is 10.1. The van der Waals surface area contributed by atoms with E-state index in [-0.39, 0.29) is 0 Å². The maximum atomic E-state index is 10.1. The van der Waals surface area contributed by atoms with E-state index in [2.05, 4.69) is 58.9 Å². The van der Waals surface area contributed by atoms with E-state index in [1.165, 1.54) is 16.7 Å². The lowest BCUT2D eigenvalue weighted by Gasteiger charge is -2.18. The van der Waals surface area contributed by atoms with E-state index in [0.29, 0.717) is 28.7 Å². The van der Waals surface area contributed by atoms with Crippen molar-refractivity contribution in [3.8, 4) is 17.9 Å². The molecule has 0 spiro atoms. The van der Waals surface area contributed by atoms with Crippen LogP contribution in [0.4, 0.5) is 0 Å². The van der Waals surface area contributed by atoms with E-state index >= 15 is 0 Å². The average Bonchev–Trinajstić information content (AvgIpc) is 2.74. The van der Waals surface area contributed by atoms with E-state index < -0.39 is 0 Å². The zero-order valence-electron chi connectivity index (χ0n) is 19.9. The van der Waals surface area contributed by atoms with E-state index in [9.17, 15) is 10.5 Å². The van der Waals surface area contributed by atoms with Crippen LogP contribution in [0.3, 0.4) is 0 Å². The minimum absolute atomic E-state index is 0.335. The highest BCUT2D eigenvalue weighted by atomic mass is 16.5. The molecular weight excluding hydrogens is 380 g/mol. The molecule has 3 nitrogen and oxygen atoms in total. The highest BCUT2D eigenvalue weighted by molar-refractivity contribution is 5.94. The Labute approximate surface area is 187 Å². The van der Waals surface area contributed by atoms with Gasteiger partial charge in [-0.05, 0) is 89.8 Å². The lowest BCUT2D eigenvalue weighted by molar-refractivity contribution is 0.414. The largest absolute Gasteiger partial charge is 0.497 e. The van der Waals surface area contributed by atoms with Gasteiger partial charge in [-0.3, -0.25) is 0 Å². The van der Waals surface area contributed by atoms with Crippen LogP contribution in [0.25, 0.3) is 17.2 Å². The molecule has 0 amide bonds. The van der Waals surface area contributed by atoms with Crippen molar-refractivity contribution in [1.82, 2.24) is 0 Å². The van der Waals surface area contributed by atoms with Crippen molar-refractivity contribution < 1.29 is 4.74 Å². The first-order valence-corrected chi connectivity index (χ1v) is 10.7. The normalized spacial score (nSPS) is 12.1. The third-order valence-corrected chi connectivity index (χ3v) is 5.74. The first kappa shape index (κ1) is 24.0. The number of rotatable bonds is 6. The summed E-state index contributed by atoms with van der Waals surface area (Å²) in [6.07, 6.45) is 3.76. The van der Waals surface area contributed by atoms with Crippen molar-refractivity contribution in [3.05, 3.63) is 69.3 Å². The zero-order valence-corrected chi connectivity index (χ0v) is 19.9. The Morgan fingerprint density at radius 1 is 0.871 bits per heavy atom. The van der Waals surface area contributed by atoms with Crippen LogP contribution in [0.2, 0.25) is 0 Å². The summed E-state index contributed by atoms with van der Waals surface area (Å²) < 4.78 is 5.49. The molecule has 0 saturated heterocycles. The summed E-state index contributed by atoms with van der Waals surface area (Å²) in [6.45, 7) is 14.7. The molecule has 0 aromatic heterocycles. The first-order chi connectivity index (χ1) is 14.7. The topological polar surface area (TPSA) is 56.8 Å². The molecule has 2 aromatic rings. The second-order valence-electron chi connectivity index (χ2n) is 8.48. The van der Waals surface area contributed by atoms with Crippen LogP contribution in [0.1, 0.15) is 85.4 Å². The minimum atomic E-state index is 0.335. The van der Waals surface area contributed by atoms with Crippen molar-refractivity contribution in [1.29, 1.82) is 10.5 Å². The number of benzene rings is 2. The fraction of sp³-hybridized carbons (Fsp3) is 0.357. The average molecular weight is 413 g/mol. The maximum absolute atomic E-state index is 10.1. The maximum Gasteiger partial charge on any atom is 0.120 e. The molecule has 0 unspecified atom stereocenters. The van der Waals surface area contributed by atoms with Crippen molar-refractivity contribution in [2.24, 2.45) is 0 Å². The summed E-state index contributed by atoms with van der Waals surface area (Å²) >= 11 is 0. The SMILES string of the molecule is C/C=C(\C#N)c1cc(OC)cc(/C(C#N)=C/c2cc(C(C)C)c(C)cc2C(C)C)c1C. The summed E-state index contributed by atoms with van der Waals surface area (Å²) in [5.41, 5.74) is 8.45. The smallest absolute Gasteiger partial charge is 0.120 e. The van der Waals surface area contributed by atoms with Crippen molar-refractivity contribution in [3.63, 3.8) is 0 Å². The predicted molar refractivity (Wildman–Crippen MR) is 130 cm³/mol. The molecule has 0 radical (unpaired) electrons. The summed E-state index contributed by atoms with van der Waals surface area (Å²) in [5.74, 6) is 1.36. The van der Waals surface area contributed by atoms with Gasteiger partial charge in [-0.1, -0.05) is 45.9 Å². The number of methoxy groups -OCH3 is 1. The number of ether oxygens (including phenoxy) is 1. The second-order valence-corrected chi connectivity index (χ2v) is 8.48. The van der Waals surface area contributed by atoms with Crippen LogP contribution in [0.5, 0.6) is 5.75 Å². The van der Waals surface area contributed by atoms with Gasteiger partial charge in [-0.2, -0.15) is 10.5 Å². The molecule has 0 fully saturated rings. The molecule has 0 heterocycles. The molecular formula is C28H32N2O. The quantitative estimate of drug-likeness (QED) is 0.363. The van der Waals surface area contributed by atoms with Gasteiger partial charge in [0.2, 0.25) is 0 Å². The lowest BCUT2D eigenvalue weighted by Crippen LogP contribution is -2.01. The minimum Gasteiger partial charge on any atom is -0.497 e. The van der Waals surface area contributed by atoms with Gasteiger partial charge in [-0.25, -0.2) is 0 Å². The Morgan fingerprint density at radius 2 is 1.42 bits per heavy atom. The Bertz CT molecular complexity index is 1120. The van der Waals surface area contributed by atoms with Gasteiger partial charge in [-0.15, -0.1) is 0 Å². The molecule has 0 aliphatic carbocycles. The third kappa shape index (κ3) is 5.07. The Morgan fingerprint density at radius 3 is 1.87 bits per heavy atom. The summed E-state index contributed by atoms with van der Waals surface area (Å²) in [6, 6.07) is 12.8. The Balaban J connectivity index is 2.83. The highest BCUT2D eigenvalue weighted by Gasteiger charge is 2.17. The molecule has 3 heteroatoms. The number of allylic oxidation sites excluding steroid dienone is 3. The van der Waals surface area contributed by atoms with E-state index in [4.69, 9.17) is 4.74 Å². The molecule has 0 bridgehead atoms. The lowest BCUT2D eigenvalue weighted by atomic mass is 9.86.